The number of carbonyl (C=O) groups excluding carboxylic acids is 1. The second kappa shape index (κ2) is 8.94. The molecule has 0 saturated carbocycles. The molecular weight excluding hydrogens is 466 g/mol. The van der Waals surface area contributed by atoms with Crippen LogP contribution in [-0.4, -0.2) is 36.7 Å². The van der Waals surface area contributed by atoms with Gasteiger partial charge in [-0.1, -0.05) is 47.7 Å². The van der Waals surface area contributed by atoms with E-state index in [1.54, 1.807) is 23.1 Å². The van der Waals surface area contributed by atoms with Crippen LogP contribution in [0.1, 0.15) is 34.3 Å². The number of amides is 1. The predicted molar refractivity (Wildman–Crippen MR) is 136 cm³/mol. The molecule has 0 aliphatic carbocycles. The van der Waals surface area contributed by atoms with Crippen LogP contribution in [0.25, 0.3) is 10.2 Å². The lowest BCUT2D eigenvalue weighted by molar-refractivity contribution is 0.0998. The summed E-state index contributed by atoms with van der Waals surface area (Å²) in [7, 11) is -3.64. The SMILES string of the molecule is Cc1cccc(C)c1N(C(=O)c1cccc(S(=O)(=O)N2CCCC2)c1)c1nc2ccccc2s1. The van der Waals surface area contributed by atoms with E-state index in [9.17, 15) is 13.2 Å². The molecule has 2 heterocycles. The number of sulfonamides is 1. The van der Waals surface area contributed by atoms with Crippen LogP contribution in [0.4, 0.5) is 10.8 Å². The summed E-state index contributed by atoms with van der Waals surface area (Å²) in [5, 5.41) is 0.552. The molecule has 1 saturated heterocycles. The van der Waals surface area contributed by atoms with Crippen LogP contribution in [0.2, 0.25) is 0 Å². The molecule has 0 atom stereocenters. The molecule has 0 unspecified atom stereocenters. The van der Waals surface area contributed by atoms with Crippen LogP contribution >= 0.6 is 11.3 Å². The Kier molecular flexibility index (Phi) is 5.97. The van der Waals surface area contributed by atoms with E-state index >= 15 is 0 Å². The second-order valence-electron chi connectivity index (χ2n) is 8.48. The third kappa shape index (κ3) is 4.02. The largest absolute Gasteiger partial charge is 0.268 e. The molecule has 0 spiro atoms. The Bertz CT molecular complexity index is 1430. The first-order valence-electron chi connectivity index (χ1n) is 11.2. The van der Waals surface area contributed by atoms with E-state index in [4.69, 9.17) is 4.98 Å². The Labute approximate surface area is 203 Å². The number of carbonyl (C=O) groups is 1. The summed E-state index contributed by atoms with van der Waals surface area (Å²) in [4.78, 5) is 20.5. The highest BCUT2D eigenvalue weighted by Gasteiger charge is 2.30. The zero-order chi connectivity index (χ0) is 23.9. The molecular formula is C26H25N3O3S2. The van der Waals surface area contributed by atoms with Gasteiger partial charge >= 0.3 is 0 Å². The molecule has 1 aromatic heterocycles. The standard InChI is InChI=1S/C26H25N3O3S2/c1-18-9-7-10-19(2)24(18)29(26-27-22-13-3-4-14-23(22)33-26)25(30)20-11-8-12-21(17-20)34(31,32)28-15-5-6-16-28/h3-4,7-14,17H,5-6,15-16H2,1-2H3. The maximum atomic E-state index is 14.0. The molecule has 0 bridgehead atoms. The average Bonchev–Trinajstić information content (AvgIpc) is 3.52. The van der Waals surface area contributed by atoms with Gasteiger partial charge in [0.1, 0.15) is 0 Å². The van der Waals surface area contributed by atoms with Gasteiger partial charge in [-0.3, -0.25) is 9.69 Å². The number of anilines is 2. The Hall–Kier alpha value is -3.07. The Balaban J connectivity index is 1.63. The molecule has 3 aromatic carbocycles. The van der Waals surface area contributed by atoms with Gasteiger partial charge in [-0.05, 0) is 68.1 Å². The molecule has 0 N–H and O–H groups in total. The fraction of sp³-hybridized carbons (Fsp3) is 0.231. The molecule has 1 amide bonds. The molecule has 174 valence electrons. The minimum atomic E-state index is -3.64. The number of fused-ring (bicyclic) bond motifs is 1. The number of para-hydroxylation sites is 2. The smallest absolute Gasteiger partial charge is 0.264 e. The Morgan fingerprint density at radius 3 is 2.32 bits per heavy atom. The highest BCUT2D eigenvalue weighted by molar-refractivity contribution is 7.89. The van der Waals surface area contributed by atoms with Crippen molar-refractivity contribution in [1.29, 1.82) is 0 Å². The molecule has 4 aromatic rings. The average molecular weight is 492 g/mol. The van der Waals surface area contributed by atoms with Crippen molar-refractivity contribution in [2.75, 3.05) is 18.0 Å². The van der Waals surface area contributed by atoms with Crippen molar-refractivity contribution in [3.63, 3.8) is 0 Å². The summed E-state index contributed by atoms with van der Waals surface area (Å²) in [6.45, 7) is 4.95. The number of thiazole rings is 1. The first-order chi connectivity index (χ1) is 16.4. The quantitative estimate of drug-likeness (QED) is 0.360. The zero-order valence-electron chi connectivity index (χ0n) is 19.1. The van der Waals surface area contributed by atoms with Crippen molar-refractivity contribution in [1.82, 2.24) is 9.29 Å². The van der Waals surface area contributed by atoms with Crippen LogP contribution in [0.5, 0.6) is 0 Å². The van der Waals surface area contributed by atoms with Gasteiger partial charge in [0.2, 0.25) is 10.0 Å². The van der Waals surface area contributed by atoms with E-state index in [1.807, 2.05) is 56.3 Å². The van der Waals surface area contributed by atoms with Crippen molar-refractivity contribution in [3.05, 3.63) is 83.4 Å². The van der Waals surface area contributed by atoms with Crippen LogP contribution < -0.4 is 4.90 Å². The summed E-state index contributed by atoms with van der Waals surface area (Å²) in [6, 6.07) is 20.0. The number of rotatable bonds is 5. The number of hydrogen-bond acceptors (Lipinski definition) is 5. The van der Waals surface area contributed by atoms with Crippen molar-refractivity contribution in [2.45, 2.75) is 31.6 Å². The fourth-order valence-corrected chi connectivity index (χ4v) is 6.93. The third-order valence-corrected chi connectivity index (χ3v) is 9.04. The molecule has 8 heteroatoms. The first kappa shape index (κ1) is 22.7. The van der Waals surface area contributed by atoms with Gasteiger partial charge in [-0.25, -0.2) is 13.4 Å². The van der Waals surface area contributed by atoms with Crippen molar-refractivity contribution in [3.8, 4) is 0 Å². The van der Waals surface area contributed by atoms with Gasteiger partial charge < -0.3 is 0 Å². The van der Waals surface area contributed by atoms with Crippen LogP contribution in [-0.2, 0) is 10.0 Å². The van der Waals surface area contributed by atoms with Gasteiger partial charge in [-0.15, -0.1) is 0 Å². The van der Waals surface area contributed by atoms with E-state index in [-0.39, 0.29) is 10.8 Å². The van der Waals surface area contributed by atoms with Gasteiger partial charge in [0.15, 0.2) is 5.13 Å². The molecule has 1 aliphatic heterocycles. The van der Waals surface area contributed by atoms with E-state index in [1.165, 1.54) is 21.7 Å². The molecule has 6 nitrogen and oxygen atoms in total. The predicted octanol–water partition coefficient (Wildman–Crippen LogP) is 5.68. The third-order valence-electron chi connectivity index (χ3n) is 6.12. The first-order valence-corrected chi connectivity index (χ1v) is 13.5. The minimum absolute atomic E-state index is 0.144. The lowest BCUT2D eigenvalue weighted by Crippen LogP contribution is -2.29. The highest BCUT2D eigenvalue weighted by Crippen LogP contribution is 2.38. The summed E-state index contributed by atoms with van der Waals surface area (Å²) in [5.74, 6) is -0.310. The highest BCUT2D eigenvalue weighted by atomic mass is 32.2. The fourth-order valence-electron chi connectivity index (χ4n) is 4.39. The van der Waals surface area contributed by atoms with Crippen molar-refractivity contribution >= 4 is 48.3 Å². The minimum Gasteiger partial charge on any atom is -0.268 e. The van der Waals surface area contributed by atoms with E-state index < -0.39 is 10.0 Å². The summed E-state index contributed by atoms with van der Waals surface area (Å²) in [6.07, 6.45) is 1.71. The topological polar surface area (TPSA) is 70.6 Å². The number of benzene rings is 3. The van der Waals surface area contributed by atoms with E-state index in [2.05, 4.69) is 0 Å². The van der Waals surface area contributed by atoms with Crippen LogP contribution in [0.15, 0.2) is 71.6 Å². The summed E-state index contributed by atoms with van der Waals surface area (Å²) in [5.41, 5.74) is 3.76. The normalized spacial score (nSPS) is 14.5. The maximum Gasteiger partial charge on any atom is 0.264 e. The summed E-state index contributed by atoms with van der Waals surface area (Å²) >= 11 is 1.44. The van der Waals surface area contributed by atoms with Gasteiger partial charge in [-0.2, -0.15) is 4.31 Å². The molecule has 0 radical (unpaired) electrons. The van der Waals surface area contributed by atoms with Gasteiger partial charge in [0.05, 0.1) is 20.8 Å². The van der Waals surface area contributed by atoms with E-state index in [0.717, 1.165) is 39.9 Å². The number of nitrogens with zero attached hydrogens (tertiary/aromatic N) is 3. The zero-order valence-corrected chi connectivity index (χ0v) is 20.7. The van der Waals surface area contributed by atoms with Crippen molar-refractivity contribution < 1.29 is 13.2 Å². The molecule has 5 rings (SSSR count). The van der Waals surface area contributed by atoms with Gasteiger partial charge in [0.25, 0.3) is 5.91 Å². The molecule has 1 fully saturated rings. The molecule has 34 heavy (non-hydrogen) atoms. The molecule has 1 aliphatic rings. The Morgan fingerprint density at radius 2 is 1.62 bits per heavy atom. The van der Waals surface area contributed by atoms with Gasteiger partial charge in [0, 0.05) is 18.7 Å². The number of hydrogen-bond donors (Lipinski definition) is 0. The monoisotopic (exact) mass is 491 g/mol. The van der Waals surface area contributed by atoms with Crippen LogP contribution in [0, 0.1) is 13.8 Å². The lowest BCUT2D eigenvalue weighted by atomic mass is 10.1. The lowest BCUT2D eigenvalue weighted by Gasteiger charge is -2.24. The van der Waals surface area contributed by atoms with Crippen molar-refractivity contribution in [2.24, 2.45) is 0 Å². The Morgan fingerprint density at radius 1 is 0.941 bits per heavy atom. The van der Waals surface area contributed by atoms with Crippen LogP contribution in [0.3, 0.4) is 0 Å². The second-order valence-corrected chi connectivity index (χ2v) is 11.4. The van der Waals surface area contributed by atoms with E-state index in [0.29, 0.717) is 23.8 Å². The number of aromatic nitrogens is 1. The summed E-state index contributed by atoms with van der Waals surface area (Å²) < 4.78 is 28.7. The number of aryl methyl sites for hydroxylation is 2. The maximum absolute atomic E-state index is 14.0.